The van der Waals surface area contributed by atoms with Gasteiger partial charge in [-0.3, -0.25) is 14.5 Å². The Balaban J connectivity index is 1.64. The zero-order valence-corrected chi connectivity index (χ0v) is 12.4. The zero-order chi connectivity index (χ0) is 14.8. The van der Waals surface area contributed by atoms with Gasteiger partial charge in [0.2, 0.25) is 11.8 Å². The summed E-state index contributed by atoms with van der Waals surface area (Å²) in [5.74, 6) is 0.316. The van der Waals surface area contributed by atoms with E-state index in [1.54, 1.807) is 6.92 Å². The highest BCUT2D eigenvalue weighted by atomic mass is 16.2. The van der Waals surface area contributed by atoms with E-state index in [1.807, 2.05) is 40.1 Å². The fourth-order valence-corrected chi connectivity index (χ4v) is 3.22. The Morgan fingerprint density at radius 1 is 1.05 bits per heavy atom. The zero-order valence-electron chi connectivity index (χ0n) is 12.4. The third kappa shape index (κ3) is 2.78. The van der Waals surface area contributed by atoms with Crippen LogP contribution in [-0.4, -0.2) is 60.4 Å². The molecule has 2 aliphatic heterocycles. The topological polar surface area (TPSA) is 43.9 Å². The van der Waals surface area contributed by atoms with E-state index in [0.29, 0.717) is 0 Å². The van der Waals surface area contributed by atoms with Crippen LogP contribution in [0.4, 0.5) is 5.69 Å². The van der Waals surface area contributed by atoms with Crippen molar-refractivity contribution in [1.29, 1.82) is 0 Å². The normalized spacial score (nSPS) is 23.7. The molecule has 2 fully saturated rings. The molecule has 0 bridgehead atoms. The van der Waals surface area contributed by atoms with Crippen LogP contribution in [0.2, 0.25) is 0 Å². The van der Waals surface area contributed by atoms with Gasteiger partial charge in [0.05, 0.1) is 6.04 Å². The number of rotatable bonds is 2. The molecule has 112 valence electrons. The first-order valence-corrected chi connectivity index (χ1v) is 7.53. The minimum Gasteiger partial charge on any atom is -0.340 e. The quantitative estimate of drug-likeness (QED) is 0.813. The summed E-state index contributed by atoms with van der Waals surface area (Å²) in [5, 5.41) is 0. The molecule has 5 nitrogen and oxygen atoms in total. The van der Waals surface area contributed by atoms with E-state index in [1.165, 1.54) is 0 Å². The lowest BCUT2D eigenvalue weighted by Gasteiger charge is -2.36. The molecule has 1 aromatic carbocycles. The predicted octanol–water partition coefficient (Wildman–Crippen LogP) is 0.956. The molecule has 2 saturated heterocycles. The number of amides is 2. The highest BCUT2D eigenvalue weighted by Gasteiger charge is 2.37. The highest BCUT2D eigenvalue weighted by molar-refractivity contribution is 5.99. The predicted molar refractivity (Wildman–Crippen MR) is 81.0 cm³/mol. The van der Waals surface area contributed by atoms with Gasteiger partial charge in [-0.1, -0.05) is 18.2 Å². The molecule has 0 saturated carbocycles. The van der Waals surface area contributed by atoms with Gasteiger partial charge in [-0.15, -0.1) is 0 Å². The van der Waals surface area contributed by atoms with Crippen molar-refractivity contribution in [3.8, 4) is 0 Å². The molecule has 3 rings (SSSR count). The van der Waals surface area contributed by atoms with Gasteiger partial charge in [-0.25, -0.2) is 0 Å². The number of nitrogens with zero attached hydrogens (tertiary/aromatic N) is 3. The Morgan fingerprint density at radius 3 is 2.33 bits per heavy atom. The standard InChI is InChI=1S/C16H21N3O2/c1-13(20)17-9-11-18(12-10-17)15-7-8-19(16(15)21)14-5-3-2-4-6-14/h2-6,15H,7-12H2,1H3. The van der Waals surface area contributed by atoms with Crippen LogP contribution in [0.5, 0.6) is 0 Å². The SMILES string of the molecule is CC(=O)N1CCN(C2CCN(c3ccccc3)C2=O)CC1. The molecule has 2 aliphatic rings. The molecule has 0 aliphatic carbocycles. The molecule has 2 heterocycles. The van der Waals surface area contributed by atoms with Crippen LogP contribution < -0.4 is 4.90 Å². The van der Waals surface area contributed by atoms with Gasteiger partial charge in [0.1, 0.15) is 0 Å². The van der Waals surface area contributed by atoms with Crippen molar-refractivity contribution in [2.24, 2.45) is 0 Å². The molecule has 0 aromatic heterocycles. The number of hydrogen-bond acceptors (Lipinski definition) is 3. The Morgan fingerprint density at radius 2 is 1.71 bits per heavy atom. The van der Waals surface area contributed by atoms with Gasteiger partial charge in [0, 0.05) is 45.3 Å². The van der Waals surface area contributed by atoms with E-state index < -0.39 is 0 Å². The molecule has 0 N–H and O–H groups in total. The van der Waals surface area contributed by atoms with Crippen LogP contribution in [0, 0.1) is 0 Å². The maximum absolute atomic E-state index is 12.6. The van der Waals surface area contributed by atoms with Crippen molar-refractivity contribution >= 4 is 17.5 Å². The maximum Gasteiger partial charge on any atom is 0.244 e. The van der Waals surface area contributed by atoms with Gasteiger partial charge < -0.3 is 9.80 Å². The minimum absolute atomic E-state index is 0.0284. The number of benzene rings is 1. The van der Waals surface area contributed by atoms with Crippen LogP contribution in [0.15, 0.2) is 30.3 Å². The Labute approximate surface area is 125 Å². The van der Waals surface area contributed by atoms with Crippen molar-refractivity contribution in [3.63, 3.8) is 0 Å². The van der Waals surface area contributed by atoms with Gasteiger partial charge in [0.25, 0.3) is 0 Å². The van der Waals surface area contributed by atoms with Crippen molar-refractivity contribution < 1.29 is 9.59 Å². The van der Waals surface area contributed by atoms with Gasteiger partial charge >= 0.3 is 0 Å². The van der Waals surface area contributed by atoms with Crippen LogP contribution in [0.25, 0.3) is 0 Å². The lowest BCUT2D eigenvalue weighted by atomic mass is 10.2. The smallest absolute Gasteiger partial charge is 0.244 e. The largest absolute Gasteiger partial charge is 0.340 e. The van der Waals surface area contributed by atoms with Gasteiger partial charge in [-0.05, 0) is 18.6 Å². The summed E-state index contributed by atoms with van der Waals surface area (Å²) < 4.78 is 0. The second-order valence-electron chi connectivity index (χ2n) is 5.67. The monoisotopic (exact) mass is 287 g/mol. The first-order chi connectivity index (χ1) is 10.2. The van der Waals surface area contributed by atoms with E-state index >= 15 is 0 Å². The van der Waals surface area contributed by atoms with Gasteiger partial charge in [-0.2, -0.15) is 0 Å². The first-order valence-electron chi connectivity index (χ1n) is 7.53. The summed E-state index contributed by atoms with van der Waals surface area (Å²) >= 11 is 0. The average molecular weight is 287 g/mol. The number of para-hydroxylation sites is 1. The molecule has 5 heteroatoms. The van der Waals surface area contributed by atoms with E-state index in [4.69, 9.17) is 0 Å². The highest BCUT2D eigenvalue weighted by Crippen LogP contribution is 2.24. The fourth-order valence-electron chi connectivity index (χ4n) is 3.22. The maximum atomic E-state index is 12.6. The van der Waals surface area contributed by atoms with Crippen LogP contribution in [0.3, 0.4) is 0 Å². The molecule has 0 spiro atoms. The molecule has 1 unspecified atom stereocenters. The average Bonchev–Trinajstić information content (AvgIpc) is 2.90. The number of carbonyl (C=O) groups is 2. The number of hydrogen-bond donors (Lipinski definition) is 0. The lowest BCUT2D eigenvalue weighted by Crippen LogP contribution is -2.53. The van der Waals surface area contributed by atoms with Crippen molar-refractivity contribution in [2.75, 3.05) is 37.6 Å². The second-order valence-corrected chi connectivity index (χ2v) is 5.67. The molecule has 0 radical (unpaired) electrons. The second kappa shape index (κ2) is 5.85. The summed E-state index contributed by atoms with van der Waals surface area (Å²) in [6.45, 7) is 5.42. The number of piperazine rings is 1. The third-order valence-corrected chi connectivity index (χ3v) is 4.45. The molecule has 1 atom stereocenters. The summed E-state index contributed by atoms with van der Waals surface area (Å²) in [7, 11) is 0. The van der Waals surface area contributed by atoms with Crippen molar-refractivity contribution in [3.05, 3.63) is 30.3 Å². The van der Waals surface area contributed by atoms with E-state index in [-0.39, 0.29) is 17.9 Å². The summed E-state index contributed by atoms with van der Waals surface area (Å²) in [4.78, 5) is 29.9. The Bertz CT molecular complexity index is 524. The number of carbonyl (C=O) groups excluding carboxylic acids is 2. The number of anilines is 1. The summed E-state index contributed by atoms with van der Waals surface area (Å²) in [6.07, 6.45) is 0.869. The first kappa shape index (κ1) is 14.1. The van der Waals surface area contributed by atoms with Crippen LogP contribution in [0.1, 0.15) is 13.3 Å². The van der Waals surface area contributed by atoms with Crippen molar-refractivity contribution in [1.82, 2.24) is 9.80 Å². The molecular formula is C16H21N3O2. The van der Waals surface area contributed by atoms with E-state index in [9.17, 15) is 9.59 Å². The Kier molecular flexibility index (Phi) is 3.92. The molecule has 1 aromatic rings. The molecule has 2 amide bonds. The fraction of sp³-hybridized carbons (Fsp3) is 0.500. The summed E-state index contributed by atoms with van der Waals surface area (Å²) in [6, 6.07) is 9.81. The van der Waals surface area contributed by atoms with E-state index in [0.717, 1.165) is 44.8 Å². The molecular weight excluding hydrogens is 266 g/mol. The lowest BCUT2D eigenvalue weighted by molar-refractivity contribution is -0.131. The van der Waals surface area contributed by atoms with Gasteiger partial charge in [0.15, 0.2) is 0 Å². The van der Waals surface area contributed by atoms with Crippen LogP contribution in [-0.2, 0) is 9.59 Å². The van der Waals surface area contributed by atoms with Crippen LogP contribution >= 0.6 is 0 Å². The van der Waals surface area contributed by atoms with E-state index in [2.05, 4.69) is 4.90 Å². The Hall–Kier alpha value is -1.88. The molecule has 21 heavy (non-hydrogen) atoms. The third-order valence-electron chi connectivity index (χ3n) is 4.45. The minimum atomic E-state index is -0.0284. The summed E-state index contributed by atoms with van der Waals surface area (Å²) in [5.41, 5.74) is 0.979. The van der Waals surface area contributed by atoms with Crippen molar-refractivity contribution in [2.45, 2.75) is 19.4 Å².